The Morgan fingerprint density at radius 3 is 2.38 bits per heavy atom. The average molecular weight is 235 g/mol. The van der Waals surface area contributed by atoms with Crippen LogP contribution in [0.15, 0.2) is 0 Å². The number of amides is 1. The SMILES string of the molecule is CCC1O[C@@H](CO)[C@@H](O)[C@H](OC(N)=O)[C@@H]1O. The topological polar surface area (TPSA) is 122 Å². The standard InChI is InChI=1S/C9H17NO6/c1-2-4-6(12)8(16-9(10)14)7(13)5(3-11)15-4/h4-8,11-13H,2-3H2,1H3,(H2,10,14)/t4?,5-,6+,7+,8+/m0/s1. The van der Waals surface area contributed by atoms with E-state index >= 15 is 0 Å². The number of hydrogen-bond acceptors (Lipinski definition) is 6. The van der Waals surface area contributed by atoms with Crippen LogP contribution in [0.2, 0.25) is 0 Å². The van der Waals surface area contributed by atoms with E-state index in [1.807, 2.05) is 0 Å². The number of carbonyl (C=O) groups is 1. The van der Waals surface area contributed by atoms with E-state index in [1.54, 1.807) is 6.92 Å². The third-order valence-corrected chi connectivity index (χ3v) is 2.62. The fourth-order valence-electron chi connectivity index (χ4n) is 1.77. The minimum Gasteiger partial charge on any atom is -0.441 e. The minimum absolute atomic E-state index is 0.428. The van der Waals surface area contributed by atoms with Crippen LogP contribution in [0.3, 0.4) is 0 Å². The van der Waals surface area contributed by atoms with Gasteiger partial charge in [-0.05, 0) is 6.42 Å². The van der Waals surface area contributed by atoms with Crippen molar-refractivity contribution >= 4 is 6.09 Å². The molecule has 0 saturated carbocycles. The Hall–Kier alpha value is -0.890. The number of hydrogen-bond donors (Lipinski definition) is 4. The number of ether oxygens (including phenoxy) is 2. The van der Waals surface area contributed by atoms with Crippen LogP contribution in [0.4, 0.5) is 4.79 Å². The zero-order valence-corrected chi connectivity index (χ0v) is 8.94. The van der Waals surface area contributed by atoms with E-state index in [2.05, 4.69) is 4.74 Å². The zero-order chi connectivity index (χ0) is 12.3. The first kappa shape index (κ1) is 13.2. The van der Waals surface area contributed by atoms with Crippen molar-refractivity contribution in [2.24, 2.45) is 5.73 Å². The van der Waals surface area contributed by atoms with Gasteiger partial charge in [-0.1, -0.05) is 6.92 Å². The van der Waals surface area contributed by atoms with Gasteiger partial charge in [-0.2, -0.15) is 0 Å². The van der Waals surface area contributed by atoms with Gasteiger partial charge in [0.25, 0.3) is 0 Å². The van der Waals surface area contributed by atoms with Crippen LogP contribution in [0.5, 0.6) is 0 Å². The van der Waals surface area contributed by atoms with Crippen LogP contribution in [0.1, 0.15) is 13.3 Å². The summed E-state index contributed by atoms with van der Waals surface area (Å²) in [7, 11) is 0. The first-order chi connectivity index (χ1) is 7.51. The van der Waals surface area contributed by atoms with Crippen molar-refractivity contribution in [1.29, 1.82) is 0 Å². The lowest BCUT2D eigenvalue weighted by molar-refractivity contribution is -0.228. The second-order valence-corrected chi connectivity index (χ2v) is 3.69. The van der Waals surface area contributed by atoms with Crippen LogP contribution in [0.25, 0.3) is 0 Å². The van der Waals surface area contributed by atoms with Crippen molar-refractivity contribution in [3.8, 4) is 0 Å². The molecule has 16 heavy (non-hydrogen) atoms. The number of primary amides is 1. The molecule has 0 bridgehead atoms. The molecule has 1 aliphatic rings. The number of carbonyl (C=O) groups excluding carboxylic acids is 1. The second-order valence-electron chi connectivity index (χ2n) is 3.69. The van der Waals surface area contributed by atoms with E-state index in [9.17, 15) is 15.0 Å². The highest BCUT2D eigenvalue weighted by atomic mass is 16.6. The maximum atomic E-state index is 10.6. The largest absolute Gasteiger partial charge is 0.441 e. The Labute approximate surface area is 92.8 Å². The minimum atomic E-state index is -1.30. The molecular weight excluding hydrogens is 218 g/mol. The summed E-state index contributed by atoms with van der Waals surface area (Å²) in [5.74, 6) is 0. The first-order valence-electron chi connectivity index (χ1n) is 5.09. The molecule has 5 N–H and O–H groups in total. The predicted molar refractivity (Wildman–Crippen MR) is 52.5 cm³/mol. The monoisotopic (exact) mass is 235 g/mol. The van der Waals surface area contributed by atoms with E-state index in [4.69, 9.17) is 15.6 Å². The lowest BCUT2D eigenvalue weighted by Gasteiger charge is -2.41. The third kappa shape index (κ3) is 2.62. The molecule has 5 atom stereocenters. The normalized spacial score (nSPS) is 39.4. The Balaban J connectivity index is 2.79. The summed E-state index contributed by atoms with van der Waals surface area (Å²) >= 11 is 0. The first-order valence-corrected chi connectivity index (χ1v) is 5.09. The fraction of sp³-hybridized carbons (Fsp3) is 0.889. The van der Waals surface area contributed by atoms with Gasteiger partial charge in [0.1, 0.15) is 18.3 Å². The van der Waals surface area contributed by atoms with Crippen molar-refractivity contribution in [3.63, 3.8) is 0 Å². The van der Waals surface area contributed by atoms with Crippen LogP contribution >= 0.6 is 0 Å². The molecule has 94 valence electrons. The Morgan fingerprint density at radius 2 is 1.94 bits per heavy atom. The molecule has 1 saturated heterocycles. The Kier molecular flexibility index (Phi) is 4.48. The number of rotatable bonds is 3. The molecule has 1 amide bonds. The lowest BCUT2D eigenvalue weighted by atomic mass is 9.94. The zero-order valence-electron chi connectivity index (χ0n) is 8.94. The number of nitrogens with two attached hydrogens (primary N) is 1. The molecule has 1 rings (SSSR count). The van der Waals surface area contributed by atoms with Gasteiger partial charge in [0.2, 0.25) is 0 Å². The fourth-order valence-corrected chi connectivity index (χ4v) is 1.77. The van der Waals surface area contributed by atoms with Crippen LogP contribution < -0.4 is 5.73 Å². The quantitative estimate of drug-likeness (QED) is 0.464. The highest BCUT2D eigenvalue weighted by Gasteiger charge is 2.45. The molecular formula is C9H17NO6. The van der Waals surface area contributed by atoms with Gasteiger partial charge in [-0.3, -0.25) is 0 Å². The van der Waals surface area contributed by atoms with Gasteiger partial charge in [-0.15, -0.1) is 0 Å². The molecule has 0 aliphatic carbocycles. The van der Waals surface area contributed by atoms with Gasteiger partial charge in [0, 0.05) is 0 Å². The van der Waals surface area contributed by atoms with Gasteiger partial charge < -0.3 is 30.5 Å². The van der Waals surface area contributed by atoms with Gasteiger partial charge in [0.05, 0.1) is 12.7 Å². The molecule has 1 unspecified atom stereocenters. The summed E-state index contributed by atoms with van der Waals surface area (Å²) in [5.41, 5.74) is 4.83. The summed E-state index contributed by atoms with van der Waals surface area (Å²) < 4.78 is 9.87. The molecule has 7 nitrogen and oxygen atoms in total. The molecule has 0 aromatic heterocycles. The second kappa shape index (κ2) is 5.44. The molecule has 1 heterocycles. The van der Waals surface area contributed by atoms with E-state index in [0.29, 0.717) is 6.42 Å². The van der Waals surface area contributed by atoms with Crippen molar-refractivity contribution in [2.75, 3.05) is 6.61 Å². The van der Waals surface area contributed by atoms with E-state index in [-0.39, 0.29) is 0 Å². The molecule has 0 radical (unpaired) electrons. The van der Waals surface area contributed by atoms with E-state index < -0.39 is 43.2 Å². The van der Waals surface area contributed by atoms with Gasteiger partial charge >= 0.3 is 6.09 Å². The summed E-state index contributed by atoms with van der Waals surface area (Å²) in [4.78, 5) is 10.6. The summed E-state index contributed by atoms with van der Waals surface area (Å²) in [6.07, 6.45) is -5.75. The molecule has 1 aliphatic heterocycles. The van der Waals surface area contributed by atoms with Crippen LogP contribution in [0, 0.1) is 0 Å². The average Bonchev–Trinajstić information content (AvgIpc) is 2.24. The number of aliphatic hydroxyl groups is 3. The molecule has 0 spiro atoms. The molecule has 7 heteroatoms. The van der Waals surface area contributed by atoms with Crippen LogP contribution in [-0.4, -0.2) is 58.5 Å². The molecule has 0 aromatic carbocycles. The van der Waals surface area contributed by atoms with Crippen molar-refractivity contribution in [2.45, 2.75) is 43.9 Å². The van der Waals surface area contributed by atoms with Crippen molar-refractivity contribution < 1.29 is 29.6 Å². The predicted octanol–water partition coefficient (Wildman–Crippen LogP) is -1.66. The van der Waals surface area contributed by atoms with Gasteiger partial charge in [-0.25, -0.2) is 4.79 Å². The maximum Gasteiger partial charge on any atom is 0.404 e. The number of aliphatic hydroxyl groups excluding tert-OH is 3. The van der Waals surface area contributed by atoms with E-state index in [0.717, 1.165) is 0 Å². The molecule has 0 aromatic rings. The summed E-state index contributed by atoms with van der Waals surface area (Å²) in [5, 5.41) is 28.4. The van der Waals surface area contributed by atoms with Crippen molar-refractivity contribution in [1.82, 2.24) is 0 Å². The van der Waals surface area contributed by atoms with Crippen LogP contribution in [-0.2, 0) is 9.47 Å². The summed E-state index contributed by atoms with van der Waals surface area (Å²) in [6, 6.07) is 0. The highest BCUT2D eigenvalue weighted by Crippen LogP contribution is 2.25. The van der Waals surface area contributed by atoms with E-state index in [1.165, 1.54) is 0 Å². The maximum absolute atomic E-state index is 10.6. The smallest absolute Gasteiger partial charge is 0.404 e. The Morgan fingerprint density at radius 1 is 1.38 bits per heavy atom. The summed E-state index contributed by atoms with van der Waals surface area (Å²) in [6.45, 7) is 1.34. The molecule has 1 fully saturated rings. The Bertz CT molecular complexity index is 232. The lowest BCUT2D eigenvalue weighted by Crippen LogP contribution is -2.60. The van der Waals surface area contributed by atoms with Crippen molar-refractivity contribution in [3.05, 3.63) is 0 Å². The van der Waals surface area contributed by atoms with Gasteiger partial charge in [0.15, 0.2) is 6.10 Å². The highest BCUT2D eigenvalue weighted by molar-refractivity contribution is 5.65. The third-order valence-electron chi connectivity index (χ3n) is 2.62.